The summed E-state index contributed by atoms with van der Waals surface area (Å²) in [6.07, 6.45) is 2.88. The zero-order valence-electron chi connectivity index (χ0n) is 23.3. The Balaban J connectivity index is 1.48. The van der Waals surface area contributed by atoms with Crippen LogP contribution in [0.3, 0.4) is 0 Å². The summed E-state index contributed by atoms with van der Waals surface area (Å²) in [5, 5.41) is 3.53. The lowest BCUT2D eigenvalue weighted by Gasteiger charge is -2.36. The van der Waals surface area contributed by atoms with Crippen LogP contribution in [0, 0.1) is 0 Å². The van der Waals surface area contributed by atoms with E-state index in [0.29, 0.717) is 33.8 Å². The second-order valence-corrected chi connectivity index (χ2v) is 11.7. The number of hydrogen-bond donors (Lipinski definition) is 1. The van der Waals surface area contributed by atoms with Crippen LogP contribution in [0.1, 0.15) is 71.3 Å². The van der Waals surface area contributed by atoms with E-state index in [9.17, 15) is 18.0 Å². The molecule has 2 aromatic carbocycles. The molecule has 1 saturated heterocycles. The van der Waals surface area contributed by atoms with Crippen molar-refractivity contribution in [2.24, 2.45) is 0 Å². The number of piperidine rings is 1. The molecule has 0 spiro atoms. The number of nitrogens with zero attached hydrogens (tertiary/aromatic N) is 4. The van der Waals surface area contributed by atoms with Gasteiger partial charge < -0.3 is 15.1 Å². The number of nitrogens with one attached hydrogen (secondary N) is 1. The molecule has 1 N–H and O–H groups in total. The van der Waals surface area contributed by atoms with Gasteiger partial charge in [-0.3, -0.25) is 4.79 Å². The molecule has 2 heterocycles. The van der Waals surface area contributed by atoms with Crippen molar-refractivity contribution in [1.82, 2.24) is 20.2 Å². The number of benzene rings is 2. The fourth-order valence-electron chi connectivity index (χ4n) is 6.12. The normalized spacial score (nSPS) is 17.9. The highest BCUT2D eigenvalue weighted by molar-refractivity contribution is 6.30. The Bertz CT molecular complexity index is 1350. The molecule has 3 aromatic rings. The van der Waals surface area contributed by atoms with Crippen molar-refractivity contribution in [2.45, 2.75) is 62.7 Å². The second kappa shape index (κ2) is 12.0. The maximum atomic E-state index is 13.7. The summed E-state index contributed by atoms with van der Waals surface area (Å²) in [6, 6.07) is 12.9. The molecule has 10 heteroatoms. The van der Waals surface area contributed by atoms with Gasteiger partial charge in [0, 0.05) is 36.3 Å². The van der Waals surface area contributed by atoms with Crippen LogP contribution in [0.5, 0.6) is 0 Å². The van der Waals surface area contributed by atoms with E-state index in [0.717, 1.165) is 69.3 Å². The molecule has 218 valence electrons. The van der Waals surface area contributed by atoms with Crippen LogP contribution in [0.2, 0.25) is 5.02 Å². The number of alkyl halides is 3. The van der Waals surface area contributed by atoms with E-state index >= 15 is 0 Å². The monoisotopic (exact) mass is 585 g/mol. The molecule has 2 aliphatic rings. The molecule has 41 heavy (non-hydrogen) atoms. The molecular formula is C31H35ClF3N5O. The average molecular weight is 586 g/mol. The Kier molecular flexibility index (Phi) is 8.57. The van der Waals surface area contributed by atoms with Crippen molar-refractivity contribution in [3.63, 3.8) is 0 Å². The number of hydrogen-bond acceptors (Lipinski definition) is 5. The SMILES string of the molecule is CN1CCC(N(C)c2ncc(C(=O)NCc3ccc(C(F)(F)F)cc3)c(C3(c4ccc(Cl)cc4)CCCC3)n2)CC1. The van der Waals surface area contributed by atoms with E-state index in [-0.39, 0.29) is 12.5 Å². The first-order chi connectivity index (χ1) is 19.6. The van der Waals surface area contributed by atoms with Gasteiger partial charge in [-0.1, -0.05) is 48.7 Å². The van der Waals surface area contributed by atoms with E-state index in [1.165, 1.54) is 12.1 Å². The van der Waals surface area contributed by atoms with Crippen LogP contribution in [0.25, 0.3) is 0 Å². The number of likely N-dealkylation sites (tertiary alicyclic amines) is 1. The van der Waals surface area contributed by atoms with E-state index < -0.39 is 17.2 Å². The molecule has 0 atom stereocenters. The number of carbonyl (C=O) groups is 1. The molecule has 0 unspecified atom stereocenters. The minimum atomic E-state index is -4.41. The lowest BCUT2D eigenvalue weighted by Crippen LogP contribution is -2.43. The first-order valence-corrected chi connectivity index (χ1v) is 14.4. The highest BCUT2D eigenvalue weighted by Crippen LogP contribution is 2.47. The summed E-state index contributed by atoms with van der Waals surface area (Å²) in [7, 11) is 4.14. The van der Waals surface area contributed by atoms with Crippen LogP contribution in [0.15, 0.2) is 54.7 Å². The van der Waals surface area contributed by atoms with Gasteiger partial charge in [0.1, 0.15) is 0 Å². The minimum absolute atomic E-state index is 0.0849. The highest BCUT2D eigenvalue weighted by atomic mass is 35.5. The molecule has 0 radical (unpaired) electrons. The van der Waals surface area contributed by atoms with Crippen molar-refractivity contribution >= 4 is 23.5 Å². The maximum Gasteiger partial charge on any atom is 0.416 e. The number of carbonyl (C=O) groups excluding carboxylic acids is 1. The second-order valence-electron chi connectivity index (χ2n) is 11.3. The number of aromatic nitrogens is 2. The van der Waals surface area contributed by atoms with Gasteiger partial charge in [-0.05, 0) is 81.2 Å². The van der Waals surface area contributed by atoms with Crippen LogP contribution in [-0.4, -0.2) is 54.0 Å². The molecule has 5 rings (SSSR count). The average Bonchev–Trinajstić information content (AvgIpc) is 3.47. The first-order valence-electron chi connectivity index (χ1n) is 14.1. The van der Waals surface area contributed by atoms with Crippen LogP contribution in [0.4, 0.5) is 19.1 Å². The molecule has 1 saturated carbocycles. The molecule has 1 aliphatic heterocycles. The Morgan fingerprint density at radius 1 is 1.07 bits per heavy atom. The molecule has 1 aliphatic carbocycles. The quantitative estimate of drug-likeness (QED) is 0.344. The fraction of sp³-hybridized carbons (Fsp3) is 0.452. The molecule has 1 aromatic heterocycles. The van der Waals surface area contributed by atoms with Gasteiger partial charge in [0.05, 0.1) is 16.8 Å². The number of amides is 1. The summed E-state index contributed by atoms with van der Waals surface area (Å²) in [5.74, 6) is 0.239. The van der Waals surface area contributed by atoms with Gasteiger partial charge in [0.25, 0.3) is 5.91 Å². The van der Waals surface area contributed by atoms with Crippen molar-refractivity contribution < 1.29 is 18.0 Å². The Morgan fingerprint density at radius 3 is 2.32 bits per heavy atom. The van der Waals surface area contributed by atoms with Crippen molar-refractivity contribution in [3.8, 4) is 0 Å². The van der Waals surface area contributed by atoms with Crippen LogP contribution in [-0.2, 0) is 18.1 Å². The Morgan fingerprint density at radius 2 is 1.71 bits per heavy atom. The van der Waals surface area contributed by atoms with Crippen molar-refractivity contribution in [3.05, 3.63) is 87.7 Å². The largest absolute Gasteiger partial charge is 0.416 e. The minimum Gasteiger partial charge on any atom is -0.348 e. The van der Waals surface area contributed by atoms with E-state index in [1.807, 2.05) is 31.3 Å². The standard InChI is InChI=1S/C31H35ClF3N5O/c1-39-17-13-25(14-18-39)40(2)29-37-20-26(28(41)36-19-21-5-7-23(8-6-21)31(33,34)35)27(38-29)30(15-3-4-16-30)22-9-11-24(32)12-10-22/h5-12,20,25H,3-4,13-19H2,1-2H3,(H,36,41). The summed E-state index contributed by atoms with van der Waals surface area (Å²) in [5.41, 5.74) is 1.50. The Labute approximate surface area is 243 Å². The maximum absolute atomic E-state index is 13.7. The molecule has 6 nitrogen and oxygen atoms in total. The summed E-state index contributed by atoms with van der Waals surface area (Å²) in [6.45, 7) is 2.09. The fourth-order valence-corrected chi connectivity index (χ4v) is 6.24. The zero-order chi connectivity index (χ0) is 29.2. The molecular weight excluding hydrogens is 551 g/mol. The zero-order valence-corrected chi connectivity index (χ0v) is 24.1. The number of halogens is 4. The topological polar surface area (TPSA) is 61.4 Å². The van der Waals surface area contributed by atoms with E-state index in [2.05, 4.69) is 27.1 Å². The smallest absolute Gasteiger partial charge is 0.348 e. The van der Waals surface area contributed by atoms with Gasteiger partial charge in [0.2, 0.25) is 5.95 Å². The predicted octanol–water partition coefficient (Wildman–Crippen LogP) is 6.47. The molecule has 1 amide bonds. The summed E-state index contributed by atoms with van der Waals surface area (Å²) in [4.78, 5) is 27.9. The Hall–Kier alpha value is -3.17. The third-order valence-electron chi connectivity index (χ3n) is 8.61. The van der Waals surface area contributed by atoms with Gasteiger partial charge in [0.15, 0.2) is 0 Å². The third-order valence-corrected chi connectivity index (χ3v) is 8.87. The molecule has 0 bridgehead atoms. The van der Waals surface area contributed by atoms with Crippen LogP contribution >= 0.6 is 11.6 Å². The highest BCUT2D eigenvalue weighted by Gasteiger charge is 2.42. The predicted molar refractivity (Wildman–Crippen MR) is 154 cm³/mol. The van der Waals surface area contributed by atoms with Gasteiger partial charge in [-0.15, -0.1) is 0 Å². The van der Waals surface area contributed by atoms with E-state index in [1.54, 1.807) is 6.20 Å². The van der Waals surface area contributed by atoms with Gasteiger partial charge in [-0.25, -0.2) is 9.97 Å². The van der Waals surface area contributed by atoms with Gasteiger partial charge in [-0.2, -0.15) is 13.2 Å². The summed E-state index contributed by atoms with van der Waals surface area (Å²) >= 11 is 6.23. The first kappa shape index (κ1) is 29.3. The van der Waals surface area contributed by atoms with E-state index in [4.69, 9.17) is 16.6 Å². The molecule has 2 fully saturated rings. The lowest BCUT2D eigenvalue weighted by molar-refractivity contribution is -0.137. The third kappa shape index (κ3) is 6.36. The van der Waals surface area contributed by atoms with Crippen molar-refractivity contribution in [1.29, 1.82) is 0 Å². The van der Waals surface area contributed by atoms with Crippen molar-refractivity contribution in [2.75, 3.05) is 32.1 Å². The van der Waals surface area contributed by atoms with Crippen LogP contribution < -0.4 is 10.2 Å². The number of rotatable bonds is 7. The van der Waals surface area contributed by atoms with Gasteiger partial charge >= 0.3 is 6.18 Å². The lowest BCUT2D eigenvalue weighted by atomic mass is 9.74. The summed E-state index contributed by atoms with van der Waals surface area (Å²) < 4.78 is 38.9. The number of anilines is 1.